The van der Waals surface area contributed by atoms with Crippen molar-refractivity contribution >= 4 is 21.9 Å². The molecule has 120 valence electrons. The number of nitrogens with one attached hydrogen (secondary N) is 1. The van der Waals surface area contributed by atoms with Crippen LogP contribution in [0.2, 0.25) is 0 Å². The van der Waals surface area contributed by atoms with Gasteiger partial charge < -0.3 is 10.8 Å². The van der Waals surface area contributed by atoms with E-state index in [4.69, 9.17) is 10.8 Å². The number of fused-ring (bicyclic) bond motifs is 1. The highest BCUT2D eigenvalue weighted by atomic mass is 32.2. The molecule has 0 spiro atoms. The van der Waals surface area contributed by atoms with Crippen LogP contribution in [0, 0.1) is 0 Å². The minimum absolute atomic E-state index is 0.0739. The summed E-state index contributed by atoms with van der Waals surface area (Å²) in [4.78, 5) is 22.2. The second-order valence-electron chi connectivity index (χ2n) is 5.37. The number of sulfonamides is 1. The summed E-state index contributed by atoms with van der Waals surface area (Å²) < 4.78 is 27.2. The lowest BCUT2D eigenvalue weighted by Crippen LogP contribution is -2.42. The van der Waals surface area contributed by atoms with Gasteiger partial charge in [0.1, 0.15) is 0 Å². The molecule has 1 aromatic carbocycles. The van der Waals surface area contributed by atoms with Crippen LogP contribution in [0.4, 0.5) is 0 Å². The van der Waals surface area contributed by atoms with E-state index in [1.165, 1.54) is 13.0 Å². The molecular weight excluding hydrogens is 308 g/mol. The largest absolute Gasteiger partial charge is 0.478 e. The molecule has 0 unspecified atom stereocenters. The Kier molecular flexibility index (Phi) is 4.52. The minimum atomic E-state index is -4.02. The minimum Gasteiger partial charge on any atom is -0.478 e. The lowest BCUT2D eigenvalue weighted by molar-refractivity contribution is -0.119. The third-order valence-corrected chi connectivity index (χ3v) is 5.33. The average molecular weight is 326 g/mol. The number of carboxylic acid groups (broad SMARTS) is 1. The van der Waals surface area contributed by atoms with Crippen molar-refractivity contribution in [1.29, 1.82) is 0 Å². The van der Waals surface area contributed by atoms with Gasteiger partial charge in [0.05, 0.1) is 16.5 Å². The number of amides is 1. The van der Waals surface area contributed by atoms with Crippen molar-refractivity contribution in [2.45, 2.75) is 43.5 Å². The quantitative estimate of drug-likeness (QED) is 0.722. The number of carbonyl (C=O) groups excluding carboxylic acids is 1. The molecule has 1 aromatic rings. The van der Waals surface area contributed by atoms with E-state index in [2.05, 4.69) is 4.72 Å². The smallest absolute Gasteiger partial charge is 0.335 e. The first-order chi connectivity index (χ1) is 10.2. The van der Waals surface area contributed by atoms with E-state index in [0.29, 0.717) is 18.4 Å². The number of hydrogen-bond donors (Lipinski definition) is 3. The van der Waals surface area contributed by atoms with E-state index in [1.807, 2.05) is 0 Å². The first kappa shape index (κ1) is 16.4. The number of hydrogen-bond acceptors (Lipinski definition) is 4. The molecule has 0 saturated heterocycles. The van der Waals surface area contributed by atoms with E-state index >= 15 is 0 Å². The maximum atomic E-state index is 12.5. The van der Waals surface area contributed by atoms with Gasteiger partial charge in [-0.05, 0) is 55.9 Å². The summed E-state index contributed by atoms with van der Waals surface area (Å²) in [6, 6.07) is 1.59. The van der Waals surface area contributed by atoms with Crippen molar-refractivity contribution in [2.24, 2.45) is 5.73 Å². The Balaban J connectivity index is 2.55. The van der Waals surface area contributed by atoms with Crippen LogP contribution in [0.1, 0.15) is 41.3 Å². The molecule has 0 bridgehead atoms. The zero-order chi connectivity index (χ0) is 16.5. The summed E-state index contributed by atoms with van der Waals surface area (Å²) in [5.74, 6) is -1.99. The molecule has 0 saturated carbocycles. The molecular formula is C14H18N2O5S. The van der Waals surface area contributed by atoms with Crippen molar-refractivity contribution < 1.29 is 23.1 Å². The zero-order valence-electron chi connectivity index (χ0n) is 12.1. The standard InChI is InChI=1S/C14H18N2O5S/c1-8(13(15)17)16-22(20,21)12-7-10(14(18)19)6-9-4-2-3-5-11(9)12/h6-8,16H,2-5H2,1H3,(H2,15,17)(H,18,19)/t8-/m0/s1. The topological polar surface area (TPSA) is 127 Å². The predicted octanol–water partition coefficient (Wildman–Crippen LogP) is 0.416. The number of aromatic carboxylic acids is 1. The second-order valence-corrected chi connectivity index (χ2v) is 7.05. The lowest BCUT2D eigenvalue weighted by atomic mass is 9.90. The van der Waals surface area contributed by atoms with Gasteiger partial charge in [-0.15, -0.1) is 0 Å². The summed E-state index contributed by atoms with van der Waals surface area (Å²) in [5.41, 5.74) is 6.36. The fourth-order valence-corrected chi connectivity index (χ4v) is 4.09. The summed E-state index contributed by atoms with van der Waals surface area (Å²) in [6.45, 7) is 1.34. The van der Waals surface area contributed by atoms with Gasteiger partial charge >= 0.3 is 5.97 Å². The Morgan fingerprint density at radius 3 is 2.50 bits per heavy atom. The van der Waals surface area contributed by atoms with E-state index in [0.717, 1.165) is 24.5 Å². The molecule has 0 radical (unpaired) electrons. The molecule has 4 N–H and O–H groups in total. The van der Waals surface area contributed by atoms with Gasteiger partial charge in [-0.1, -0.05) is 0 Å². The van der Waals surface area contributed by atoms with Crippen molar-refractivity contribution in [3.8, 4) is 0 Å². The summed E-state index contributed by atoms with van der Waals surface area (Å²) in [5, 5.41) is 9.16. The molecule has 1 amide bonds. The summed E-state index contributed by atoms with van der Waals surface area (Å²) >= 11 is 0. The van der Waals surface area contributed by atoms with Crippen LogP contribution in [-0.2, 0) is 27.7 Å². The fourth-order valence-electron chi connectivity index (χ4n) is 2.54. The number of nitrogens with two attached hydrogens (primary N) is 1. The molecule has 2 rings (SSSR count). The van der Waals surface area contributed by atoms with E-state index in [1.54, 1.807) is 0 Å². The third kappa shape index (κ3) is 3.28. The highest BCUT2D eigenvalue weighted by Crippen LogP contribution is 2.29. The molecule has 22 heavy (non-hydrogen) atoms. The van der Waals surface area contributed by atoms with Gasteiger partial charge in [-0.25, -0.2) is 13.2 Å². The van der Waals surface area contributed by atoms with Gasteiger partial charge in [-0.3, -0.25) is 4.79 Å². The molecule has 0 aliphatic heterocycles. The third-order valence-electron chi connectivity index (χ3n) is 3.72. The number of carbonyl (C=O) groups is 2. The van der Waals surface area contributed by atoms with Gasteiger partial charge in [0.25, 0.3) is 0 Å². The Hall–Kier alpha value is -1.93. The van der Waals surface area contributed by atoms with Gasteiger partial charge in [0.2, 0.25) is 15.9 Å². The number of benzene rings is 1. The average Bonchev–Trinajstić information content (AvgIpc) is 2.45. The SMILES string of the molecule is C[C@H](NS(=O)(=O)c1cc(C(=O)O)cc2c1CCCC2)C(N)=O. The van der Waals surface area contributed by atoms with Crippen LogP contribution in [-0.4, -0.2) is 31.4 Å². The molecule has 1 aliphatic rings. The maximum Gasteiger partial charge on any atom is 0.335 e. The zero-order valence-corrected chi connectivity index (χ0v) is 12.9. The first-order valence-electron chi connectivity index (χ1n) is 6.93. The van der Waals surface area contributed by atoms with Gasteiger partial charge in [0, 0.05) is 0 Å². The van der Waals surface area contributed by atoms with Crippen molar-refractivity contribution in [3.63, 3.8) is 0 Å². The summed E-state index contributed by atoms with van der Waals surface area (Å²) in [6.07, 6.45) is 2.94. The molecule has 0 aromatic heterocycles. The number of carboxylic acids is 1. The van der Waals surface area contributed by atoms with Crippen LogP contribution < -0.4 is 10.5 Å². The van der Waals surface area contributed by atoms with E-state index < -0.39 is 27.9 Å². The fraction of sp³-hybridized carbons (Fsp3) is 0.429. The molecule has 0 fully saturated rings. The van der Waals surface area contributed by atoms with Crippen molar-refractivity contribution in [1.82, 2.24) is 4.72 Å². The van der Waals surface area contributed by atoms with Crippen molar-refractivity contribution in [2.75, 3.05) is 0 Å². The molecule has 8 heteroatoms. The molecule has 7 nitrogen and oxygen atoms in total. The lowest BCUT2D eigenvalue weighted by Gasteiger charge is -2.21. The van der Waals surface area contributed by atoms with Crippen LogP contribution in [0.3, 0.4) is 0 Å². The highest BCUT2D eigenvalue weighted by molar-refractivity contribution is 7.89. The Bertz CT molecular complexity index is 727. The monoisotopic (exact) mass is 326 g/mol. The Morgan fingerprint density at radius 1 is 1.27 bits per heavy atom. The number of primary amides is 1. The predicted molar refractivity (Wildman–Crippen MR) is 79.0 cm³/mol. The van der Waals surface area contributed by atoms with Crippen LogP contribution in [0.15, 0.2) is 17.0 Å². The van der Waals surface area contributed by atoms with Crippen molar-refractivity contribution in [3.05, 3.63) is 28.8 Å². The molecule has 1 atom stereocenters. The second kappa shape index (κ2) is 6.05. The summed E-state index contributed by atoms with van der Waals surface area (Å²) in [7, 11) is -4.02. The number of rotatable bonds is 5. The normalized spacial score (nSPS) is 15.9. The van der Waals surface area contributed by atoms with E-state index in [9.17, 15) is 18.0 Å². The van der Waals surface area contributed by atoms with Gasteiger partial charge in [0.15, 0.2) is 0 Å². The maximum absolute atomic E-state index is 12.5. The Morgan fingerprint density at radius 2 is 1.91 bits per heavy atom. The van der Waals surface area contributed by atoms with Crippen LogP contribution in [0.25, 0.3) is 0 Å². The highest BCUT2D eigenvalue weighted by Gasteiger charge is 2.27. The number of aryl methyl sites for hydroxylation is 1. The molecule has 1 aliphatic carbocycles. The first-order valence-corrected chi connectivity index (χ1v) is 8.41. The molecule has 0 heterocycles. The van der Waals surface area contributed by atoms with Crippen LogP contribution in [0.5, 0.6) is 0 Å². The van der Waals surface area contributed by atoms with E-state index in [-0.39, 0.29) is 10.5 Å². The van der Waals surface area contributed by atoms with Gasteiger partial charge in [-0.2, -0.15) is 4.72 Å². The van der Waals surface area contributed by atoms with Crippen LogP contribution >= 0.6 is 0 Å². The Labute approximate surface area is 128 Å².